The zero-order valence-electron chi connectivity index (χ0n) is 25.8. The molecule has 45 heavy (non-hydrogen) atoms. The van der Waals surface area contributed by atoms with Gasteiger partial charge in [0.1, 0.15) is 39.4 Å². The summed E-state index contributed by atoms with van der Waals surface area (Å²) in [6, 6.07) is 0. The molecule has 1 aromatic heterocycles. The number of hydrogen-bond acceptors (Lipinski definition) is 13. The molecule has 0 radical (unpaired) electrons. The lowest BCUT2D eigenvalue weighted by molar-refractivity contribution is -0.140. The summed E-state index contributed by atoms with van der Waals surface area (Å²) in [6.07, 6.45) is 5.86. The van der Waals surface area contributed by atoms with Crippen LogP contribution in [0, 0.1) is 0 Å². The molecule has 2 aliphatic heterocycles. The van der Waals surface area contributed by atoms with Crippen molar-refractivity contribution < 1.29 is 57.6 Å². The molecule has 0 atom stereocenters. The van der Waals surface area contributed by atoms with Gasteiger partial charge in [-0.1, -0.05) is 13.2 Å². The van der Waals surface area contributed by atoms with Crippen molar-refractivity contribution in [2.24, 2.45) is 0 Å². The minimum absolute atomic E-state index is 0.00394. The predicted molar refractivity (Wildman–Crippen MR) is 157 cm³/mol. The third-order valence-electron chi connectivity index (χ3n) is 5.78. The molecule has 1 N–H and O–H groups in total. The van der Waals surface area contributed by atoms with Gasteiger partial charge in [-0.2, -0.15) is 0 Å². The molecule has 0 saturated carbocycles. The maximum Gasteiger partial charge on any atom is 0.508 e. The molecule has 2 saturated heterocycles. The van der Waals surface area contributed by atoms with Gasteiger partial charge in [0, 0.05) is 56.0 Å². The van der Waals surface area contributed by atoms with Crippen LogP contribution >= 0.6 is 0 Å². The van der Waals surface area contributed by atoms with E-state index in [2.05, 4.69) is 18.1 Å². The SMILES string of the molecule is C=C(C)C(=O)OCCOC(=O)OCCN1CCCC1=O.C=C(C)C(=O)OCCOC(=O)n1ccnc1.O=C1CCCN1CCO. The first-order valence-corrected chi connectivity index (χ1v) is 14.2. The molecule has 2 amide bonds. The lowest BCUT2D eigenvalue weighted by atomic mass is 10.4. The van der Waals surface area contributed by atoms with E-state index in [4.69, 9.17) is 28.8 Å². The third-order valence-corrected chi connectivity index (χ3v) is 5.78. The Morgan fingerprint density at radius 1 is 0.778 bits per heavy atom. The fourth-order valence-corrected chi connectivity index (χ4v) is 3.49. The summed E-state index contributed by atoms with van der Waals surface area (Å²) in [5.41, 5.74) is 0.587. The number of amides is 2. The number of aromatic nitrogens is 2. The van der Waals surface area contributed by atoms with Crippen LogP contribution in [-0.2, 0) is 42.9 Å². The average Bonchev–Trinajstić information content (AvgIpc) is 3.78. The smallest absolute Gasteiger partial charge is 0.459 e. The third kappa shape index (κ3) is 16.6. The number of carbonyl (C=O) groups is 6. The molecular weight excluding hydrogens is 596 g/mol. The van der Waals surface area contributed by atoms with Crippen molar-refractivity contribution in [3.63, 3.8) is 0 Å². The van der Waals surface area contributed by atoms with E-state index in [1.165, 1.54) is 30.2 Å². The summed E-state index contributed by atoms with van der Waals surface area (Å²) in [7, 11) is 0. The Hall–Kier alpha value is -4.73. The number of rotatable bonds is 13. The molecule has 16 heteroatoms. The van der Waals surface area contributed by atoms with E-state index >= 15 is 0 Å². The van der Waals surface area contributed by atoms with E-state index in [-0.39, 0.29) is 57.0 Å². The fraction of sp³-hybridized carbons (Fsp3) is 0.552. The summed E-state index contributed by atoms with van der Waals surface area (Å²) in [6.45, 7) is 12.4. The summed E-state index contributed by atoms with van der Waals surface area (Å²) in [5.74, 6) is -0.772. The number of ether oxygens (including phenoxy) is 5. The van der Waals surface area contributed by atoms with Crippen molar-refractivity contribution in [3.8, 4) is 0 Å². The van der Waals surface area contributed by atoms with Gasteiger partial charge < -0.3 is 38.6 Å². The predicted octanol–water partition coefficient (Wildman–Crippen LogP) is 1.47. The lowest BCUT2D eigenvalue weighted by Crippen LogP contribution is -2.29. The van der Waals surface area contributed by atoms with Crippen LogP contribution in [0.25, 0.3) is 0 Å². The van der Waals surface area contributed by atoms with Crippen molar-refractivity contribution in [2.45, 2.75) is 39.5 Å². The maximum absolute atomic E-state index is 11.3. The Morgan fingerprint density at radius 2 is 1.27 bits per heavy atom. The van der Waals surface area contributed by atoms with Gasteiger partial charge in [-0.15, -0.1) is 0 Å². The Balaban J connectivity index is 0.000000360. The zero-order valence-corrected chi connectivity index (χ0v) is 25.8. The molecule has 0 aromatic carbocycles. The lowest BCUT2D eigenvalue weighted by Gasteiger charge is -2.14. The average molecular weight is 639 g/mol. The highest BCUT2D eigenvalue weighted by molar-refractivity contribution is 5.87. The molecule has 0 spiro atoms. The summed E-state index contributed by atoms with van der Waals surface area (Å²) in [4.78, 5) is 73.4. The summed E-state index contributed by atoms with van der Waals surface area (Å²) < 4.78 is 24.9. The van der Waals surface area contributed by atoms with Crippen LogP contribution < -0.4 is 0 Å². The highest BCUT2D eigenvalue weighted by Crippen LogP contribution is 2.09. The molecule has 3 heterocycles. The second-order valence-electron chi connectivity index (χ2n) is 9.56. The largest absolute Gasteiger partial charge is 0.508 e. The van der Waals surface area contributed by atoms with Crippen LogP contribution in [0.2, 0.25) is 0 Å². The van der Waals surface area contributed by atoms with E-state index in [0.29, 0.717) is 38.0 Å². The number of carbonyl (C=O) groups excluding carboxylic acids is 6. The van der Waals surface area contributed by atoms with E-state index < -0.39 is 24.2 Å². The first-order chi connectivity index (χ1) is 21.5. The van der Waals surface area contributed by atoms with Gasteiger partial charge in [0.05, 0.1) is 13.2 Å². The molecule has 2 fully saturated rings. The first-order valence-electron chi connectivity index (χ1n) is 14.2. The van der Waals surface area contributed by atoms with Crippen molar-refractivity contribution in [1.29, 1.82) is 0 Å². The van der Waals surface area contributed by atoms with Crippen molar-refractivity contribution in [3.05, 3.63) is 43.0 Å². The minimum Gasteiger partial charge on any atom is -0.459 e. The molecule has 0 unspecified atom stereocenters. The first kappa shape index (κ1) is 38.3. The maximum atomic E-state index is 11.3. The normalized spacial score (nSPS) is 13.5. The molecule has 16 nitrogen and oxygen atoms in total. The van der Waals surface area contributed by atoms with Crippen molar-refractivity contribution >= 4 is 36.0 Å². The van der Waals surface area contributed by atoms with E-state index in [9.17, 15) is 28.8 Å². The standard InChI is InChI=1S/C13H19NO6.C10H12N2O4.C6H11NO2/c1-10(2)12(16)18-8-9-20-13(17)19-7-6-14-5-3-4-11(14)15;1-8(2)9(13)15-5-6-16-10(14)12-4-3-11-7-12;8-5-4-7-3-1-2-6(7)9/h1,3-9H2,2H3;3-4,7H,1,5-6H2,2H3;8H,1-5H2. The highest BCUT2D eigenvalue weighted by atomic mass is 16.7. The number of nitrogens with zero attached hydrogens (tertiary/aromatic N) is 4. The van der Waals surface area contributed by atoms with Gasteiger partial charge in [0.15, 0.2) is 0 Å². The topological polar surface area (TPSA) is 193 Å². The monoisotopic (exact) mass is 638 g/mol. The number of aliphatic hydroxyl groups excluding tert-OH is 1. The van der Waals surface area contributed by atoms with Gasteiger partial charge in [-0.3, -0.25) is 9.59 Å². The molecule has 3 rings (SSSR count). The summed E-state index contributed by atoms with van der Waals surface area (Å²) in [5, 5.41) is 8.45. The summed E-state index contributed by atoms with van der Waals surface area (Å²) >= 11 is 0. The Labute approximate surface area is 261 Å². The van der Waals surface area contributed by atoms with E-state index in [1.54, 1.807) is 16.7 Å². The Kier molecular flexibility index (Phi) is 18.6. The molecular formula is C29H42N4O12. The van der Waals surface area contributed by atoms with Crippen LogP contribution in [-0.4, -0.2) is 126 Å². The van der Waals surface area contributed by atoms with Crippen LogP contribution in [0.3, 0.4) is 0 Å². The van der Waals surface area contributed by atoms with E-state index in [0.717, 1.165) is 19.4 Å². The minimum atomic E-state index is -0.844. The number of imidazole rings is 1. The number of β-amino-alcohol motifs (C(OH)–C–C–N with tert-alkyl or cyclic N) is 1. The fourth-order valence-electron chi connectivity index (χ4n) is 3.49. The number of esters is 2. The van der Waals surface area contributed by atoms with Crippen LogP contribution in [0.4, 0.5) is 9.59 Å². The van der Waals surface area contributed by atoms with E-state index in [1.807, 2.05) is 0 Å². The second-order valence-corrected chi connectivity index (χ2v) is 9.56. The number of likely N-dealkylation sites (tertiary alicyclic amines) is 2. The van der Waals surface area contributed by atoms with Crippen LogP contribution in [0.5, 0.6) is 0 Å². The quantitative estimate of drug-likeness (QED) is 0.141. The molecule has 0 bridgehead atoms. The Morgan fingerprint density at radius 3 is 1.71 bits per heavy atom. The van der Waals surface area contributed by atoms with Gasteiger partial charge in [0.2, 0.25) is 11.8 Å². The Bertz CT molecular complexity index is 1150. The zero-order chi connectivity index (χ0) is 33.6. The highest BCUT2D eigenvalue weighted by Gasteiger charge is 2.20. The van der Waals surface area contributed by atoms with Crippen LogP contribution in [0.1, 0.15) is 39.5 Å². The number of aliphatic hydroxyl groups is 1. The molecule has 2 aliphatic rings. The van der Waals surface area contributed by atoms with Crippen molar-refractivity contribution in [2.75, 3.05) is 65.8 Å². The number of hydrogen-bond donors (Lipinski definition) is 1. The second kappa shape index (κ2) is 21.9. The molecule has 1 aromatic rings. The molecule has 250 valence electrons. The molecule has 0 aliphatic carbocycles. The van der Waals surface area contributed by atoms with Gasteiger partial charge in [-0.25, -0.2) is 28.7 Å². The van der Waals surface area contributed by atoms with Crippen molar-refractivity contribution in [1.82, 2.24) is 19.4 Å². The van der Waals surface area contributed by atoms with Gasteiger partial charge >= 0.3 is 24.2 Å². The van der Waals surface area contributed by atoms with Gasteiger partial charge in [0.25, 0.3) is 0 Å². The van der Waals surface area contributed by atoms with Crippen LogP contribution in [0.15, 0.2) is 43.0 Å². The van der Waals surface area contributed by atoms with Gasteiger partial charge in [-0.05, 0) is 26.7 Å².